The number of hydrogen-bond donors (Lipinski definition) is 2. The molecule has 0 saturated carbocycles. The summed E-state index contributed by atoms with van der Waals surface area (Å²) in [4.78, 5) is 13.4. The Morgan fingerprint density at radius 1 is 1.03 bits per heavy atom. The number of hydrogen-bond acceptors (Lipinski definition) is 12. The summed E-state index contributed by atoms with van der Waals surface area (Å²) in [7, 11) is 0. The second kappa shape index (κ2) is 9.69. The topological polar surface area (TPSA) is 243 Å². The van der Waals surface area contributed by atoms with E-state index in [0.717, 1.165) is 11.1 Å². The Hall–Kier alpha value is -4.40. The molecule has 0 bridgehead atoms. The predicted molar refractivity (Wildman–Crippen MR) is 98.8 cm³/mol. The summed E-state index contributed by atoms with van der Waals surface area (Å²) in [6, 6.07) is 0. The lowest BCUT2D eigenvalue weighted by atomic mass is 10.4. The van der Waals surface area contributed by atoms with Gasteiger partial charge in [0.1, 0.15) is 5.82 Å². The molecule has 0 aliphatic carbocycles. The first-order valence-electron chi connectivity index (χ1n) is 8.60. The Morgan fingerprint density at radius 3 is 2.37 bits per heavy atom. The minimum absolute atomic E-state index is 0.00582. The molecule has 18 heteroatoms. The lowest BCUT2D eigenvalue weighted by Gasteiger charge is -2.05. The Balaban J connectivity index is 1.85. The number of aliphatic hydroxyl groups is 1. The van der Waals surface area contributed by atoms with Crippen LogP contribution in [0.1, 0.15) is 25.0 Å². The van der Waals surface area contributed by atoms with Crippen molar-refractivity contribution in [2.75, 3.05) is 18.5 Å². The van der Waals surface area contributed by atoms with Crippen molar-refractivity contribution < 1.29 is 5.11 Å². The van der Waals surface area contributed by atoms with Gasteiger partial charge in [0.15, 0.2) is 5.82 Å². The zero-order valence-electron chi connectivity index (χ0n) is 15.6. The Labute approximate surface area is 167 Å². The van der Waals surface area contributed by atoms with E-state index in [1.54, 1.807) is 4.68 Å². The van der Waals surface area contributed by atoms with Gasteiger partial charge >= 0.3 is 0 Å². The van der Waals surface area contributed by atoms with E-state index in [2.05, 4.69) is 65.9 Å². The average Bonchev–Trinajstić information content (AvgIpc) is 3.32. The van der Waals surface area contributed by atoms with E-state index in [1.807, 2.05) is 6.92 Å². The van der Waals surface area contributed by atoms with Crippen LogP contribution in [0.4, 0.5) is 17.8 Å². The van der Waals surface area contributed by atoms with Crippen LogP contribution in [-0.2, 0) is 13.0 Å². The normalized spacial score (nSPS) is 10.3. The summed E-state index contributed by atoms with van der Waals surface area (Å²) >= 11 is 0. The molecule has 0 unspecified atom stereocenters. The monoisotopic (exact) mass is 413 g/mol. The van der Waals surface area contributed by atoms with Gasteiger partial charge in [-0.05, 0) is 27.7 Å². The predicted octanol–water partition coefficient (Wildman–Crippen LogP) is 0.727. The number of nitrogens with zero attached hydrogens (tertiary/aromatic N) is 16. The molecule has 3 aromatic rings. The number of azide groups is 2. The van der Waals surface area contributed by atoms with Crippen LogP contribution >= 0.6 is 0 Å². The molecule has 18 nitrogen and oxygen atoms in total. The number of anilines is 1. The molecule has 3 rings (SSSR count). The fourth-order valence-electron chi connectivity index (χ4n) is 2.31. The quantitative estimate of drug-likeness (QED) is 0.268. The first kappa shape index (κ1) is 20.3. The highest BCUT2D eigenvalue weighted by Crippen LogP contribution is 2.15. The van der Waals surface area contributed by atoms with Crippen LogP contribution in [0.5, 0.6) is 0 Å². The van der Waals surface area contributed by atoms with Gasteiger partial charge in [0.2, 0.25) is 17.8 Å². The Kier molecular flexibility index (Phi) is 6.57. The summed E-state index contributed by atoms with van der Waals surface area (Å²) in [5, 5.41) is 42.5. The molecular formula is C12H15N17O. The Bertz CT molecular complexity index is 1090. The minimum Gasteiger partial charge on any atom is -0.395 e. The molecule has 0 aliphatic heterocycles. The second-order valence-electron chi connectivity index (χ2n) is 5.52. The molecule has 0 radical (unpaired) electrons. The van der Waals surface area contributed by atoms with Crippen LogP contribution in [0, 0.1) is 0 Å². The van der Waals surface area contributed by atoms with Crippen molar-refractivity contribution in [1.29, 1.82) is 0 Å². The van der Waals surface area contributed by atoms with E-state index < -0.39 is 0 Å². The smallest absolute Gasteiger partial charge is 0.292 e. The lowest BCUT2D eigenvalue weighted by Crippen LogP contribution is -2.15. The number of nitrogens with one attached hydrogen (secondary N) is 1. The van der Waals surface area contributed by atoms with Gasteiger partial charge in [-0.2, -0.15) is 9.67 Å². The molecule has 0 aliphatic rings. The zero-order chi connectivity index (χ0) is 21.3. The van der Waals surface area contributed by atoms with Crippen LogP contribution in [0.25, 0.3) is 26.8 Å². The van der Waals surface area contributed by atoms with Gasteiger partial charge < -0.3 is 10.4 Å². The molecule has 0 fully saturated rings. The number of rotatable bonds is 10. The average molecular weight is 413 g/mol. The van der Waals surface area contributed by atoms with Crippen LogP contribution in [0.2, 0.25) is 0 Å². The van der Waals surface area contributed by atoms with E-state index in [9.17, 15) is 0 Å². The molecule has 0 saturated heterocycles. The van der Waals surface area contributed by atoms with Crippen LogP contribution < -0.4 is 5.32 Å². The van der Waals surface area contributed by atoms with Gasteiger partial charge in [0, 0.05) is 22.9 Å². The van der Waals surface area contributed by atoms with Gasteiger partial charge in [-0.15, -0.1) is 30.6 Å². The van der Waals surface area contributed by atoms with Gasteiger partial charge in [-0.3, -0.25) is 0 Å². The third-order valence-electron chi connectivity index (χ3n) is 3.45. The summed E-state index contributed by atoms with van der Waals surface area (Å²) in [5.74, 6) is 0.694. The van der Waals surface area contributed by atoms with Crippen molar-refractivity contribution in [2.45, 2.75) is 26.3 Å². The summed E-state index contributed by atoms with van der Waals surface area (Å²) < 4.78 is 2.74. The van der Waals surface area contributed by atoms with E-state index in [4.69, 9.17) is 16.2 Å². The lowest BCUT2D eigenvalue weighted by molar-refractivity contribution is 0.310. The molecule has 3 heterocycles. The Morgan fingerprint density at radius 2 is 1.73 bits per heavy atom. The van der Waals surface area contributed by atoms with Crippen molar-refractivity contribution in [3.05, 3.63) is 32.5 Å². The fraction of sp³-hybridized carbons (Fsp3) is 0.500. The van der Waals surface area contributed by atoms with E-state index in [1.165, 1.54) is 0 Å². The van der Waals surface area contributed by atoms with E-state index in [0.29, 0.717) is 12.4 Å². The number of aliphatic hydroxyl groups excluding tert-OH is 1. The molecular weight excluding hydrogens is 398 g/mol. The van der Waals surface area contributed by atoms with Crippen molar-refractivity contribution in [2.24, 2.45) is 10.2 Å². The number of aryl methyl sites for hydroxylation is 1. The molecule has 2 N–H and O–H groups in total. The fourth-order valence-corrected chi connectivity index (χ4v) is 2.31. The molecule has 0 spiro atoms. The van der Waals surface area contributed by atoms with Gasteiger partial charge in [0.05, 0.1) is 13.0 Å². The van der Waals surface area contributed by atoms with E-state index >= 15 is 0 Å². The van der Waals surface area contributed by atoms with Gasteiger partial charge in [-0.25, -0.2) is 9.67 Å². The second-order valence-corrected chi connectivity index (χ2v) is 5.52. The summed E-state index contributed by atoms with van der Waals surface area (Å²) in [6.07, 6.45) is 0.955. The van der Waals surface area contributed by atoms with Crippen LogP contribution in [0.15, 0.2) is 10.2 Å². The SMILES string of the molecule is CCCn1nc(N=[N+]=[N-])nc1Cc1nnc(-n2nc(N=[N+]=[N-])nc2NCCO)nn1. The van der Waals surface area contributed by atoms with Gasteiger partial charge in [0.25, 0.3) is 5.95 Å². The van der Waals surface area contributed by atoms with Crippen molar-refractivity contribution in [3.63, 3.8) is 0 Å². The third kappa shape index (κ3) is 4.71. The highest BCUT2D eigenvalue weighted by atomic mass is 16.3. The first-order valence-corrected chi connectivity index (χ1v) is 8.60. The summed E-state index contributed by atoms with van der Waals surface area (Å²) in [6.45, 7) is 2.56. The first-order chi connectivity index (χ1) is 14.7. The highest BCUT2D eigenvalue weighted by molar-refractivity contribution is 5.36. The molecule has 3 aromatic heterocycles. The highest BCUT2D eigenvalue weighted by Gasteiger charge is 2.16. The van der Waals surface area contributed by atoms with Crippen molar-refractivity contribution in [3.8, 4) is 5.95 Å². The maximum atomic E-state index is 8.97. The standard InChI is InChI=1S/C12H15N17O/c1-2-4-28-8(16-9(24-28)20-26-13)6-7-18-22-12(23-19-7)29-11(15-3-5-30)17-10(25-29)21-27-14/h30H,2-6H2,1H3,(H,15,17,25). The zero-order valence-corrected chi connectivity index (χ0v) is 15.6. The molecule has 0 atom stereocenters. The molecule has 0 aromatic carbocycles. The largest absolute Gasteiger partial charge is 0.395 e. The van der Waals surface area contributed by atoms with Crippen molar-refractivity contribution in [1.82, 2.24) is 49.9 Å². The summed E-state index contributed by atoms with van der Waals surface area (Å²) in [5.41, 5.74) is 17.1. The third-order valence-corrected chi connectivity index (χ3v) is 3.45. The maximum absolute atomic E-state index is 8.97. The molecule has 0 amide bonds. The van der Waals surface area contributed by atoms with Crippen molar-refractivity contribution >= 4 is 17.8 Å². The van der Waals surface area contributed by atoms with Crippen LogP contribution in [-0.4, -0.2) is 68.2 Å². The van der Waals surface area contributed by atoms with E-state index in [-0.39, 0.29) is 49.2 Å². The van der Waals surface area contributed by atoms with Gasteiger partial charge in [-0.1, -0.05) is 6.92 Å². The minimum atomic E-state index is -0.163. The number of aromatic nitrogens is 10. The van der Waals surface area contributed by atoms with Crippen LogP contribution in [0.3, 0.4) is 0 Å². The molecule has 154 valence electrons. The maximum Gasteiger partial charge on any atom is 0.292 e. The molecule has 30 heavy (non-hydrogen) atoms.